The lowest BCUT2D eigenvalue weighted by Gasteiger charge is -2.43. The van der Waals surface area contributed by atoms with E-state index in [2.05, 4.69) is 46.5 Å². The number of nitrogens with one attached hydrogen (secondary N) is 1. The van der Waals surface area contributed by atoms with Crippen molar-refractivity contribution in [1.82, 2.24) is 44.9 Å². The van der Waals surface area contributed by atoms with Gasteiger partial charge in [-0.05, 0) is 86.4 Å². The lowest BCUT2D eigenvalue weighted by Crippen LogP contribution is -2.52. The van der Waals surface area contributed by atoms with Crippen molar-refractivity contribution in [1.29, 1.82) is 5.26 Å². The number of fused-ring (bicyclic) bond motifs is 2. The highest BCUT2D eigenvalue weighted by molar-refractivity contribution is 5.67. The van der Waals surface area contributed by atoms with E-state index >= 15 is 0 Å². The van der Waals surface area contributed by atoms with Crippen molar-refractivity contribution >= 4 is 11.6 Å². The molecule has 3 aromatic heterocycles. The van der Waals surface area contributed by atoms with Crippen molar-refractivity contribution in [2.45, 2.75) is 114 Å². The average Bonchev–Trinajstić information content (AvgIpc) is 3.89. The van der Waals surface area contributed by atoms with Crippen molar-refractivity contribution in [3.05, 3.63) is 48.7 Å². The third-order valence-corrected chi connectivity index (χ3v) is 10.5. The third kappa shape index (κ3) is 8.68. The summed E-state index contributed by atoms with van der Waals surface area (Å²) >= 11 is 0. The van der Waals surface area contributed by atoms with Crippen LogP contribution in [0.2, 0.25) is 0 Å². The number of unbranched alkanes of at least 4 members (excludes halogenated alkanes) is 4. The van der Waals surface area contributed by atoms with Gasteiger partial charge >= 0.3 is 0 Å². The first-order chi connectivity index (χ1) is 25.6. The quantitative estimate of drug-likeness (QED) is 0.139. The number of morpholine rings is 1. The van der Waals surface area contributed by atoms with Crippen molar-refractivity contribution in [3.63, 3.8) is 0 Å². The predicted octanol–water partition coefficient (Wildman–Crippen LogP) is 5.08. The SMILES string of the molecule is C[C@@H](Cn1cnnn1)Oc1cc(-c2cnc(Nc3cn([C@H]4CC[C@H](N5[C@@H]6CC[C@H]5COC6)CC4)nc3OCCCCCCCO)nc2)ccc1C#N. The number of aliphatic hydroxyl groups excluding tert-OH is 1. The van der Waals surface area contributed by atoms with Crippen LogP contribution in [0.1, 0.15) is 89.2 Å². The van der Waals surface area contributed by atoms with E-state index in [9.17, 15) is 5.26 Å². The number of nitrogens with zero attached hydrogens (tertiary/aromatic N) is 10. The second-order valence-electron chi connectivity index (χ2n) is 14.2. The molecule has 276 valence electrons. The molecule has 1 aromatic carbocycles. The molecule has 0 radical (unpaired) electrons. The molecular weight excluding hydrogens is 662 g/mol. The minimum Gasteiger partial charge on any atom is -0.487 e. The van der Waals surface area contributed by atoms with Crippen LogP contribution in [0.3, 0.4) is 0 Å². The summed E-state index contributed by atoms with van der Waals surface area (Å²) in [7, 11) is 0. The van der Waals surface area contributed by atoms with Crippen molar-refractivity contribution in [2.75, 3.05) is 31.7 Å². The molecule has 0 unspecified atom stereocenters. The Bertz CT molecular complexity index is 1740. The van der Waals surface area contributed by atoms with Crippen molar-refractivity contribution < 1.29 is 19.3 Å². The molecule has 15 heteroatoms. The molecule has 2 bridgehead atoms. The van der Waals surface area contributed by atoms with Crippen LogP contribution in [-0.4, -0.2) is 101 Å². The third-order valence-electron chi connectivity index (χ3n) is 10.5. The molecular formula is C37H49N11O4. The van der Waals surface area contributed by atoms with Gasteiger partial charge in [0.15, 0.2) is 0 Å². The average molecular weight is 712 g/mol. The van der Waals surface area contributed by atoms with Gasteiger partial charge in [-0.2, -0.15) is 5.26 Å². The number of hydrogen-bond donors (Lipinski definition) is 2. The summed E-state index contributed by atoms with van der Waals surface area (Å²) in [5, 5.41) is 38.3. The van der Waals surface area contributed by atoms with Gasteiger partial charge in [-0.15, -0.1) is 10.2 Å². The van der Waals surface area contributed by atoms with Crippen LogP contribution in [0.15, 0.2) is 43.1 Å². The highest BCUT2D eigenvalue weighted by atomic mass is 16.5. The summed E-state index contributed by atoms with van der Waals surface area (Å²) < 4.78 is 21.9. The zero-order valence-corrected chi connectivity index (χ0v) is 29.9. The lowest BCUT2D eigenvalue weighted by molar-refractivity contribution is -0.0458. The highest BCUT2D eigenvalue weighted by Gasteiger charge is 2.42. The first-order valence-corrected chi connectivity index (χ1v) is 18.8. The summed E-state index contributed by atoms with van der Waals surface area (Å²) in [4.78, 5) is 12.0. The monoisotopic (exact) mass is 711 g/mol. The van der Waals surface area contributed by atoms with E-state index < -0.39 is 0 Å². The molecule has 52 heavy (non-hydrogen) atoms. The minimum atomic E-state index is -0.271. The van der Waals surface area contributed by atoms with Gasteiger partial charge in [0.2, 0.25) is 5.95 Å². The molecule has 7 rings (SSSR count). The van der Waals surface area contributed by atoms with Crippen LogP contribution < -0.4 is 14.8 Å². The standard InChI is InChI=1S/C37H49N11O4/c1-26(21-46-25-41-44-45-46)52-35-17-27(7-8-28(35)18-38)29-19-39-37(40-20-29)42-34-22-47(43-36(34)51-16-6-4-2-3-5-15-49)30-9-11-31(12-10-30)48-32-13-14-33(48)24-50-23-32/h7-8,17,19-20,22,25-26,30-33,49H,2-6,9-16,21,23-24H2,1H3,(H,39,40,42)/t26-,30-,31-,32-,33+/m0/s1. The molecule has 5 heterocycles. The van der Waals surface area contributed by atoms with Crippen LogP contribution in [0, 0.1) is 11.3 Å². The molecule has 4 aromatic rings. The number of hydrogen-bond acceptors (Lipinski definition) is 13. The smallest absolute Gasteiger partial charge is 0.256 e. The van der Waals surface area contributed by atoms with Crippen molar-refractivity contribution in [2.24, 2.45) is 0 Å². The fourth-order valence-electron chi connectivity index (χ4n) is 7.88. The van der Waals surface area contributed by atoms with Gasteiger partial charge in [0, 0.05) is 42.7 Å². The number of tetrazole rings is 1. The fraction of sp³-hybridized carbons (Fsp3) is 0.595. The number of anilines is 2. The zero-order valence-electron chi connectivity index (χ0n) is 29.9. The van der Waals surface area contributed by atoms with Gasteiger partial charge in [0.25, 0.3) is 5.88 Å². The van der Waals surface area contributed by atoms with E-state index in [1.807, 2.05) is 25.3 Å². The predicted molar refractivity (Wildman–Crippen MR) is 192 cm³/mol. The Kier molecular flexibility index (Phi) is 11.9. The first kappa shape index (κ1) is 35.7. The summed E-state index contributed by atoms with van der Waals surface area (Å²) in [6.45, 7) is 4.90. The van der Waals surface area contributed by atoms with Gasteiger partial charge in [0.1, 0.15) is 29.9 Å². The summed E-state index contributed by atoms with van der Waals surface area (Å²) in [6.07, 6.45) is 18.7. The Balaban J connectivity index is 1.01. The van der Waals surface area contributed by atoms with E-state index in [-0.39, 0.29) is 12.7 Å². The largest absolute Gasteiger partial charge is 0.487 e. The molecule has 3 atom stereocenters. The number of nitriles is 1. The van der Waals surface area contributed by atoms with Gasteiger partial charge in [-0.25, -0.2) is 14.6 Å². The van der Waals surface area contributed by atoms with Crippen LogP contribution in [0.25, 0.3) is 11.1 Å². The molecule has 2 N–H and O–H groups in total. The number of aliphatic hydroxyl groups is 1. The zero-order chi connectivity index (χ0) is 35.7. The molecule has 3 aliphatic rings. The Hall–Kier alpha value is -4.65. The van der Waals surface area contributed by atoms with Crippen LogP contribution >= 0.6 is 0 Å². The van der Waals surface area contributed by atoms with Gasteiger partial charge in [-0.1, -0.05) is 25.3 Å². The maximum Gasteiger partial charge on any atom is 0.256 e. The topological polar surface area (TPSA) is 174 Å². The van der Waals surface area contributed by atoms with Crippen molar-refractivity contribution in [3.8, 4) is 28.8 Å². The second-order valence-corrected chi connectivity index (χ2v) is 14.2. The molecule has 3 fully saturated rings. The summed E-state index contributed by atoms with van der Waals surface area (Å²) in [5.74, 6) is 1.46. The number of benzene rings is 1. The van der Waals surface area contributed by atoms with E-state index in [4.69, 9.17) is 24.4 Å². The fourth-order valence-corrected chi connectivity index (χ4v) is 7.88. The molecule has 1 saturated carbocycles. The molecule has 15 nitrogen and oxygen atoms in total. The molecule has 1 aliphatic carbocycles. The van der Waals surface area contributed by atoms with E-state index in [0.29, 0.717) is 60.5 Å². The van der Waals surface area contributed by atoms with E-state index in [0.717, 1.165) is 87.8 Å². The first-order valence-electron chi connectivity index (χ1n) is 18.8. The summed E-state index contributed by atoms with van der Waals surface area (Å²) in [6, 6.07) is 9.74. The van der Waals surface area contributed by atoms with Crippen LogP contribution in [0.5, 0.6) is 11.6 Å². The highest BCUT2D eigenvalue weighted by Crippen LogP contribution is 2.39. The number of ether oxygens (including phenoxy) is 3. The summed E-state index contributed by atoms with van der Waals surface area (Å²) in [5.41, 5.74) is 2.79. The van der Waals surface area contributed by atoms with Crippen LogP contribution in [-0.2, 0) is 11.3 Å². The number of rotatable bonds is 17. The van der Waals surface area contributed by atoms with Gasteiger partial charge in [0.05, 0.1) is 44.2 Å². The minimum absolute atomic E-state index is 0.244. The Labute approximate surface area is 304 Å². The maximum absolute atomic E-state index is 9.70. The van der Waals surface area contributed by atoms with Crippen LogP contribution in [0.4, 0.5) is 11.6 Å². The van der Waals surface area contributed by atoms with E-state index in [1.54, 1.807) is 23.1 Å². The van der Waals surface area contributed by atoms with E-state index in [1.165, 1.54) is 19.2 Å². The molecule has 2 aliphatic heterocycles. The lowest BCUT2D eigenvalue weighted by atomic mass is 9.89. The number of aromatic nitrogens is 8. The van der Waals surface area contributed by atoms with Gasteiger partial charge < -0.3 is 24.6 Å². The molecule has 0 amide bonds. The van der Waals surface area contributed by atoms with Gasteiger partial charge in [-0.3, -0.25) is 9.58 Å². The Morgan fingerprint density at radius 1 is 0.962 bits per heavy atom. The molecule has 0 spiro atoms. The maximum atomic E-state index is 9.70. The Morgan fingerprint density at radius 3 is 2.42 bits per heavy atom. The normalized spacial score (nSPS) is 22.2. The molecule has 2 saturated heterocycles. The second kappa shape index (κ2) is 17.2. The Morgan fingerprint density at radius 2 is 1.69 bits per heavy atom.